The van der Waals surface area contributed by atoms with Crippen molar-refractivity contribution in [3.63, 3.8) is 0 Å². The minimum Gasteiger partial charge on any atom is -0.366 e. The Kier molecular flexibility index (Phi) is 4.91. The zero-order valence-corrected chi connectivity index (χ0v) is 11.8. The molecule has 0 aliphatic heterocycles. The third-order valence-corrected chi connectivity index (χ3v) is 3.32. The lowest BCUT2D eigenvalue weighted by Crippen LogP contribution is -2.20. The van der Waals surface area contributed by atoms with Crippen LogP contribution in [0.2, 0.25) is 0 Å². The van der Waals surface area contributed by atoms with E-state index in [0.29, 0.717) is 5.56 Å². The average Bonchev–Trinajstić information content (AvgIpc) is 2.47. The molecule has 104 valence electrons. The largest absolute Gasteiger partial charge is 0.366 e. The maximum atomic E-state index is 11.0. The molecule has 0 aliphatic rings. The summed E-state index contributed by atoms with van der Waals surface area (Å²) in [7, 11) is 2.10. The molecule has 0 aliphatic carbocycles. The lowest BCUT2D eigenvalue weighted by molar-refractivity contribution is 0.100. The van der Waals surface area contributed by atoms with E-state index in [2.05, 4.69) is 36.2 Å². The van der Waals surface area contributed by atoms with Crippen molar-refractivity contribution in [3.05, 3.63) is 71.3 Å². The number of likely N-dealkylation sites (N-methyl/N-ethyl adjacent to an activating group) is 1. The van der Waals surface area contributed by atoms with Gasteiger partial charge in [0.15, 0.2) is 0 Å². The van der Waals surface area contributed by atoms with Crippen LogP contribution in [0.25, 0.3) is 0 Å². The molecule has 2 N–H and O–H groups in total. The van der Waals surface area contributed by atoms with Gasteiger partial charge in [0.2, 0.25) is 5.91 Å². The van der Waals surface area contributed by atoms with Crippen LogP contribution in [0, 0.1) is 0 Å². The number of nitrogens with two attached hydrogens (primary N) is 1. The van der Waals surface area contributed by atoms with Gasteiger partial charge in [0.05, 0.1) is 0 Å². The number of carbonyl (C=O) groups excluding carboxylic acids is 1. The second kappa shape index (κ2) is 6.87. The predicted molar refractivity (Wildman–Crippen MR) is 81.4 cm³/mol. The fourth-order valence-electron chi connectivity index (χ4n) is 2.13. The Bertz CT molecular complexity index is 549. The minimum absolute atomic E-state index is 0.381. The highest BCUT2D eigenvalue weighted by Gasteiger charge is 2.03. The van der Waals surface area contributed by atoms with Crippen LogP contribution >= 0.6 is 0 Å². The van der Waals surface area contributed by atoms with Gasteiger partial charge in [-0.15, -0.1) is 0 Å². The average molecular weight is 268 g/mol. The van der Waals surface area contributed by atoms with Crippen LogP contribution in [-0.4, -0.2) is 24.4 Å². The van der Waals surface area contributed by atoms with Gasteiger partial charge in [-0.25, -0.2) is 0 Å². The molecule has 3 heteroatoms. The van der Waals surface area contributed by atoms with Crippen molar-refractivity contribution in [1.82, 2.24) is 4.90 Å². The monoisotopic (exact) mass is 268 g/mol. The number of rotatable bonds is 6. The number of benzene rings is 2. The molecule has 0 radical (unpaired) electrons. The summed E-state index contributed by atoms with van der Waals surface area (Å²) in [6.45, 7) is 1.87. The Morgan fingerprint density at radius 3 is 2.25 bits per heavy atom. The van der Waals surface area contributed by atoms with Gasteiger partial charge in [-0.05, 0) is 36.7 Å². The maximum Gasteiger partial charge on any atom is 0.248 e. The van der Waals surface area contributed by atoms with Gasteiger partial charge in [-0.2, -0.15) is 0 Å². The predicted octanol–water partition coefficient (Wildman–Crippen LogP) is 2.46. The molecule has 2 rings (SSSR count). The third kappa shape index (κ3) is 4.21. The Hall–Kier alpha value is -2.13. The summed E-state index contributed by atoms with van der Waals surface area (Å²) in [6.07, 6.45) is 1.04. The Labute approximate surface area is 120 Å². The molecule has 0 spiro atoms. The van der Waals surface area contributed by atoms with Crippen molar-refractivity contribution in [3.8, 4) is 0 Å². The van der Waals surface area contributed by atoms with Crippen LogP contribution in [0.5, 0.6) is 0 Å². The fourth-order valence-corrected chi connectivity index (χ4v) is 2.13. The van der Waals surface area contributed by atoms with Crippen molar-refractivity contribution in [2.24, 2.45) is 5.73 Å². The summed E-state index contributed by atoms with van der Waals surface area (Å²) in [4.78, 5) is 13.3. The zero-order valence-electron chi connectivity index (χ0n) is 11.8. The Balaban J connectivity index is 1.85. The first-order chi connectivity index (χ1) is 9.65. The van der Waals surface area contributed by atoms with Crippen LogP contribution in [-0.2, 0) is 13.0 Å². The first kappa shape index (κ1) is 14.3. The van der Waals surface area contributed by atoms with Gasteiger partial charge in [-0.1, -0.05) is 42.5 Å². The molecule has 1 amide bonds. The molecule has 2 aromatic carbocycles. The summed E-state index contributed by atoms with van der Waals surface area (Å²) in [5.41, 5.74) is 8.32. The normalized spacial score (nSPS) is 10.7. The van der Waals surface area contributed by atoms with Crippen molar-refractivity contribution in [2.45, 2.75) is 13.0 Å². The number of hydrogen-bond donors (Lipinski definition) is 1. The van der Waals surface area contributed by atoms with Crippen molar-refractivity contribution in [1.29, 1.82) is 0 Å². The molecule has 0 unspecified atom stereocenters. The fraction of sp³-hybridized carbons (Fsp3) is 0.235. The highest BCUT2D eigenvalue weighted by atomic mass is 16.1. The number of nitrogens with zero attached hydrogens (tertiary/aromatic N) is 1. The van der Waals surface area contributed by atoms with E-state index in [4.69, 9.17) is 5.73 Å². The molecule has 0 heterocycles. The van der Waals surface area contributed by atoms with Gasteiger partial charge in [0.25, 0.3) is 0 Å². The summed E-state index contributed by atoms with van der Waals surface area (Å²) in [5.74, 6) is -0.381. The van der Waals surface area contributed by atoms with Crippen molar-refractivity contribution < 1.29 is 4.79 Å². The zero-order chi connectivity index (χ0) is 14.4. The molecule has 0 aromatic heterocycles. The van der Waals surface area contributed by atoms with E-state index < -0.39 is 0 Å². The molecule has 20 heavy (non-hydrogen) atoms. The summed E-state index contributed by atoms with van der Waals surface area (Å²) in [6, 6.07) is 17.9. The lowest BCUT2D eigenvalue weighted by Gasteiger charge is -2.16. The van der Waals surface area contributed by atoms with Crippen LogP contribution in [0.3, 0.4) is 0 Å². The third-order valence-electron chi connectivity index (χ3n) is 3.32. The molecule has 3 nitrogen and oxygen atoms in total. The maximum absolute atomic E-state index is 11.0. The van der Waals surface area contributed by atoms with E-state index in [1.807, 2.05) is 18.2 Å². The Morgan fingerprint density at radius 2 is 1.65 bits per heavy atom. The molecular formula is C17H20N2O. The van der Waals surface area contributed by atoms with Crippen LogP contribution in [0.15, 0.2) is 54.6 Å². The van der Waals surface area contributed by atoms with E-state index in [0.717, 1.165) is 19.5 Å². The van der Waals surface area contributed by atoms with Crippen molar-refractivity contribution in [2.75, 3.05) is 13.6 Å². The van der Waals surface area contributed by atoms with Gasteiger partial charge in [-0.3, -0.25) is 4.79 Å². The van der Waals surface area contributed by atoms with Gasteiger partial charge in [0.1, 0.15) is 0 Å². The quantitative estimate of drug-likeness (QED) is 0.874. The number of hydrogen-bond acceptors (Lipinski definition) is 2. The highest BCUT2D eigenvalue weighted by molar-refractivity contribution is 5.92. The number of carbonyl (C=O) groups is 1. The molecule has 2 aromatic rings. The van der Waals surface area contributed by atoms with E-state index in [-0.39, 0.29) is 5.91 Å². The van der Waals surface area contributed by atoms with Crippen molar-refractivity contribution >= 4 is 5.91 Å². The summed E-state index contributed by atoms with van der Waals surface area (Å²) >= 11 is 0. The van der Waals surface area contributed by atoms with E-state index in [9.17, 15) is 4.79 Å². The second-order valence-electron chi connectivity index (χ2n) is 5.03. The molecular weight excluding hydrogens is 248 g/mol. The van der Waals surface area contributed by atoms with E-state index in [1.54, 1.807) is 12.1 Å². The van der Waals surface area contributed by atoms with E-state index >= 15 is 0 Å². The molecule has 0 saturated heterocycles. The lowest BCUT2D eigenvalue weighted by atomic mass is 10.1. The summed E-state index contributed by atoms with van der Waals surface area (Å²) < 4.78 is 0. The topological polar surface area (TPSA) is 46.3 Å². The highest BCUT2D eigenvalue weighted by Crippen LogP contribution is 2.07. The SMILES string of the molecule is CN(CCc1ccccc1)Cc1ccc(C(N)=O)cc1. The van der Waals surface area contributed by atoms with Gasteiger partial charge < -0.3 is 10.6 Å². The van der Waals surface area contributed by atoms with Crippen LogP contribution in [0.1, 0.15) is 21.5 Å². The standard InChI is InChI=1S/C17H20N2O/c1-19(12-11-14-5-3-2-4-6-14)13-15-7-9-16(10-8-15)17(18)20/h2-10H,11-13H2,1H3,(H2,18,20). The molecule has 0 bridgehead atoms. The molecule has 0 fully saturated rings. The first-order valence-corrected chi connectivity index (χ1v) is 6.76. The summed E-state index contributed by atoms with van der Waals surface area (Å²) in [5, 5.41) is 0. The van der Waals surface area contributed by atoms with Crippen LogP contribution in [0.4, 0.5) is 0 Å². The molecule has 0 saturated carbocycles. The van der Waals surface area contributed by atoms with Crippen LogP contribution < -0.4 is 5.73 Å². The number of amides is 1. The Morgan fingerprint density at radius 1 is 1.00 bits per heavy atom. The number of primary amides is 1. The van der Waals surface area contributed by atoms with Gasteiger partial charge >= 0.3 is 0 Å². The minimum atomic E-state index is -0.381. The first-order valence-electron chi connectivity index (χ1n) is 6.76. The molecule has 0 atom stereocenters. The van der Waals surface area contributed by atoms with Gasteiger partial charge in [0, 0.05) is 18.7 Å². The van der Waals surface area contributed by atoms with E-state index in [1.165, 1.54) is 11.1 Å². The second-order valence-corrected chi connectivity index (χ2v) is 5.03. The smallest absolute Gasteiger partial charge is 0.248 e.